The van der Waals surface area contributed by atoms with Gasteiger partial charge in [0.25, 0.3) is 11.8 Å². The minimum absolute atomic E-state index is 0.160. The Morgan fingerprint density at radius 1 is 0.889 bits per heavy atom. The van der Waals surface area contributed by atoms with Gasteiger partial charge in [0, 0.05) is 37.8 Å². The standard InChI is InChI=1S/C20H21FN2O4/c1-26-16-6-7-17(18(13-16)27-2)20(25)23-10-8-22(9-11-23)19(24)14-4-3-5-15(21)12-14/h3-7,12-13H,8-11H2,1-2H3. The Morgan fingerprint density at radius 3 is 2.15 bits per heavy atom. The monoisotopic (exact) mass is 372 g/mol. The Morgan fingerprint density at radius 2 is 1.56 bits per heavy atom. The Labute approximate surface area is 157 Å². The first-order valence-electron chi connectivity index (χ1n) is 8.59. The van der Waals surface area contributed by atoms with Crippen LogP contribution in [0.4, 0.5) is 4.39 Å². The fourth-order valence-corrected chi connectivity index (χ4v) is 3.06. The van der Waals surface area contributed by atoms with Gasteiger partial charge in [-0.15, -0.1) is 0 Å². The van der Waals surface area contributed by atoms with Gasteiger partial charge in [-0.2, -0.15) is 0 Å². The van der Waals surface area contributed by atoms with Crippen LogP contribution in [0.5, 0.6) is 11.5 Å². The first-order chi connectivity index (χ1) is 13.0. The predicted octanol–water partition coefficient (Wildman–Crippen LogP) is 2.44. The molecule has 2 aromatic rings. The highest BCUT2D eigenvalue weighted by atomic mass is 19.1. The van der Waals surface area contributed by atoms with E-state index in [-0.39, 0.29) is 11.8 Å². The molecule has 142 valence electrons. The van der Waals surface area contributed by atoms with E-state index in [2.05, 4.69) is 0 Å². The highest BCUT2D eigenvalue weighted by molar-refractivity contribution is 5.98. The Kier molecular flexibility index (Phi) is 5.59. The maximum absolute atomic E-state index is 13.3. The van der Waals surface area contributed by atoms with E-state index in [4.69, 9.17) is 9.47 Å². The summed E-state index contributed by atoms with van der Waals surface area (Å²) < 4.78 is 23.8. The highest BCUT2D eigenvalue weighted by Crippen LogP contribution is 2.26. The van der Waals surface area contributed by atoms with Crippen molar-refractivity contribution < 1.29 is 23.5 Å². The molecular formula is C20H21FN2O4. The van der Waals surface area contributed by atoms with E-state index in [9.17, 15) is 14.0 Å². The lowest BCUT2D eigenvalue weighted by Gasteiger charge is -2.35. The lowest BCUT2D eigenvalue weighted by molar-refractivity contribution is 0.0533. The van der Waals surface area contributed by atoms with Gasteiger partial charge in [0.15, 0.2) is 0 Å². The van der Waals surface area contributed by atoms with E-state index in [1.165, 1.54) is 25.3 Å². The van der Waals surface area contributed by atoms with Gasteiger partial charge in [0.2, 0.25) is 0 Å². The van der Waals surface area contributed by atoms with Crippen molar-refractivity contribution in [3.63, 3.8) is 0 Å². The summed E-state index contributed by atoms with van der Waals surface area (Å²) in [6, 6.07) is 10.7. The number of carbonyl (C=O) groups excluding carboxylic acids is 2. The first-order valence-corrected chi connectivity index (χ1v) is 8.59. The zero-order valence-corrected chi connectivity index (χ0v) is 15.3. The van der Waals surface area contributed by atoms with Crippen LogP contribution in [0.25, 0.3) is 0 Å². The lowest BCUT2D eigenvalue weighted by atomic mass is 10.1. The van der Waals surface area contributed by atoms with Crippen molar-refractivity contribution in [3.8, 4) is 11.5 Å². The molecule has 0 unspecified atom stereocenters. The second-order valence-corrected chi connectivity index (χ2v) is 6.16. The summed E-state index contributed by atoms with van der Waals surface area (Å²) in [7, 11) is 3.05. The van der Waals surface area contributed by atoms with Crippen LogP contribution in [0.1, 0.15) is 20.7 Å². The smallest absolute Gasteiger partial charge is 0.257 e. The molecule has 1 heterocycles. The van der Waals surface area contributed by atoms with E-state index in [0.29, 0.717) is 48.8 Å². The number of piperazine rings is 1. The number of rotatable bonds is 4. The highest BCUT2D eigenvalue weighted by Gasteiger charge is 2.27. The number of amides is 2. The summed E-state index contributed by atoms with van der Waals surface area (Å²) in [6.45, 7) is 1.57. The third-order valence-corrected chi connectivity index (χ3v) is 4.56. The zero-order chi connectivity index (χ0) is 19.4. The van der Waals surface area contributed by atoms with Crippen LogP contribution in [-0.2, 0) is 0 Å². The van der Waals surface area contributed by atoms with E-state index in [1.807, 2.05) is 0 Å². The van der Waals surface area contributed by atoms with Crippen molar-refractivity contribution >= 4 is 11.8 Å². The largest absolute Gasteiger partial charge is 0.497 e. The van der Waals surface area contributed by atoms with Gasteiger partial charge in [-0.1, -0.05) is 6.07 Å². The molecule has 6 nitrogen and oxygen atoms in total. The minimum Gasteiger partial charge on any atom is -0.497 e. The molecule has 0 saturated carbocycles. The van der Waals surface area contributed by atoms with Crippen LogP contribution in [0, 0.1) is 5.82 Å². The van der Waals surface area contributed by atoms with Crippen molar-refractivity contribution in [2.45, 2.75) is 0 Å². The average molecular weight is 372 g/mol. The van der Waals surface area contributed by atoms with Crippen molar-refractivity contribution in [1.29, 1.82) is 0 Å². The maximum Gasteiger partial charge on any atom is 0.257 e. The van der Waals surface area contributed by atoms with Gasteiger partial charge in [-0.25, -0.2) is 4.39 Å². The van der Waals surface area contributed by atoms with Gasteiger partial charge in [0.05, 0.1) is 19.8 Å². The van der Waals surface area contributed by atoms with Gasteiger partial charge < -0.3 is 19.3 Å². The summed E-state index contributed by atoms with van der Waals surface area (Å²) in [4.78, 5) is 28.6. The molecule has 0 atom stereocenters. The second kappa shape index (κ2) is 8.07. The molecular weight excluding hydrogens is 351 g/mol. The summed E-state index contributed by atoms with van der Waals surface area (Å²) in [6.07, 6.45) is 0. The molecule has 1 saturated heterocycles. The molecule has 0 radical (unpaired) electrons. The molecule has 0 aliphatic carbocycles. The molecule has 27 heavy (non-hydrogen) atoms. The molecule has 2 amide bonds. The quantitative estimate of drug-likeness (QED) is 0.827. The van der Waals surface area contributed by atoms with Gasteiger partial charge >= 0.3 is 0 Å². The normalized spacial score (nSPS) is 14.0. The molecule has 0 spiro atoms. The molecule has 7 heteroatoms. The number of halogens is 1. The van der Waals surface area contributed by atoms with Crippen LogP contribution >= 0.6 is 0 Å². The fourth-order valence-electron chi connectivity index (χ4n) is 3.06. The number of hydrogen-bond donors (Lipinski definition) is 0. The third-order valence-electron chi connectivity index (χ3n) is 4.56. The molecule has 0 aromatic heterocycles. The number of ether oxygens (including phenoxy) is 2. The molecule has 0 N–H and O–H groups in total. The molecule has 0 bridgehead atoms. The summed E-state index contributed by atoms with van der Waals surface area (Å²) in [5.74, 6) is 0.212. The first kappa shape index (κ1) is 18.7. The van der Waals surface area contributed by atoms with Gasteiger partial charge in [-0.3, -0.25) is 9.59 Å². The molecule has 1 fully saturated rings. The minimum atomic E-state index is -0.443. The van der Waals surface area contributed by atoms with Crippen molar-refractivity contribution in [3.05, 3.63) is 59.4 Å². The summed E-state index contributed by atoms with van der Waals surface area (Å²) in [5, 5.41) is 0. The third kappa shape index (κ3) is 4.02. The van der Waals surface area contributed by atoms with Crippen LogP contribution in [0.3, 0.4) is 0 Å². The predicted molar refractivity (Wildman–Crippen MR) is 97.8 cm³/mol. The van der Waals surface area contributed by atoms with Crippen LogP contribution in [0.2, 0.25) is 0 Å². The number of methoxy groups -OCH3 is 2. The maximum atomic E-state index is 13.3. The molecule has 3 rings (SSSR count). The van der Waals surface area contributed by atoms with E-state index in [0.717, 1.165) is 0 Å². The molecule has 1 aliphatic heterocycles. The van der Waals surface area contributed by atoms with Gasteiger partial charge in [0.1, 0.15) is 17.3 Å². The second-order valence-electron chi connectivity index (χ2n) is 6.16. The molecule has 1 aliphatic rings. The lowest BCUT2D eigenvalue weighted by Crippen LogP contribution is -2.50. The van der Waals surface area contributed by atoms with E-state index >= 15 is 0 Å². The molecule has 2 aromatic carbocycles. The Hall–Kier alpha value is -3.09. The van der Waals surface area contributed by atoms with Crippen molar-refractivity contribution in [2.24, 2.45) is 0 Å². The topological polar surface area (TPSA) is 59.1 Å². The number of carbonyl (C=O) groups is 2. The SMILES string of the molecule is COc1ccc(C(=O)N2CCN(C(=O)c3cccc(F)c3)CC2)c(OC)c1. The summed E-state index contributed by atoms with van der Waals surface area (Å²) >= 11 is 0. The average Bonchev–Trinajstić information content (AvgIpc) is 2.72. The van der Waals surface area contributed by atoms with Crippen molar-refractivity contribution in [1.82, 2.24) is 9.80 Å². The van der Waals surface area contributed by atoms with Crippen molar-refractivity contribution in [2.75, 3.05) is 40.4 Å². The van der Waals surface area contributed by atoms with E-state index < -0.39 is 5.82 Å². The number of benzene rings is 2. The summed E-state index contributed by atoms with van der Waals surface area (Å²) in [5.41, 5.74) is 0.759. The Balaban J connectivity index is 1.67. The fraction of sp³-hybridized carbons (Fsp3) is 0.300. The number of nitrogens with zero attached hydrogens (tertiary/aromatic N) is 2. The van der Waals surface area contributed by atoms with E-state index in [1.54, 1.807) is 41.2 Å². The van der Waals surface area contributed by atoms with Crippen LogP contribution in [-0.4, -0.2) is 62.0 Å². The zero-order valence-electron chi connectivity index (χ0n) is 15.3. The van der Waals surface area contributed by atoms with Crippen LogP contribution < -0.4 is 9.47 Å². The van der Waals surface area contributed by atoms with Gasteiger partial charge in [-0.05, 0) is 30.3 Å². The number of hydrogen-bond acceptors (Lipinski definition) is 4. The van der Waals surface area contributed by atoms with Crippen LogP contribution in [0.15, 0.2) is 42.5 Å². The Bertz CT molecular complexity index is 848.